The van der Waals surface area contributed by atoms with E-state index in [0.717, 1.165) is 12.0 Å². The van der Waals surface area contributed by atoms with Crippen LogP contribution in [0, 0.1) is 5.92 Å². The second-order valence-corrected chi connectivity index (χ2v) is 4.32. The number of hydrogen-bond donors (Lipinski definition) is 1. The van der Waals surface area contributed by atoms with Gasteiger partial charge in [0.1, 0.15) is 0 Å². The van der Waals surface area contributed by atoms with Crippen molar-refractivity contribution in [3.63, 3.8) is 0 Å². The van der Waals surface area contributed by atoms with E-state index in [9.17, 15) is 0 Å². The SMILES string of the molecule is CCCN1CCC2CCC(N)C21. The van der Waals surface area contributed by atoms with E-state index in [2.05, 4.69) is 11.8 Å². The smallest absolute Gasteiger partial charge is 0.0275 e. The highest BCUT2D eigenvalue weighted by molar-refractivity contribution is 4.98. The number of hydrogen-bond acceptors (Lipinski definition) is 2. The first-order chi connectivity index (χ1) is 5.83. The standard InChI is InChI=1S/C10H20N2/c1-2-6-12-7-5-8-3-4-9(11)10(8)12/h8-10H,2-7,11H2,1H3. The van der Waals surface area contributed by atoms with Gasteiger partial charge >= 0.3 is 0 Å². The van der Waals surface area contributed by atoms with Gasteiger partial charge in [-0.1, -0.05) is 6.92 Å². The van der Waals surface area contributed by atoms with Gasteiger partial charge in [-0.05, 0) is 44.7 Å². The second-order valence-electron chi connectivity index (χ2n) is 4.32. The fraction of sp³-hybridized carbons (Fsp3) is 1.00. The molecule has 2 nitrogen and oxygen atoms in total. The van der Waals surface area contributed by atoms with Crippen molar-refractivity contribution in [3.05, 3.63) is 0 Å². The molecule has 0 amide bonds. The maximum absolute atomic E-state index is 6.10. The summed E-state index contributed by atoms with van der Waals surface area (Å²) in [7, 11) is 0. The highest BCUT2D eigenvalue weighted by Crippen LogP contribution is 2.36. The molecule has 1 saturated heterocycles. The summed E-state index contributed by atoms with van der Waals surface area (Å²) in [6, 6.07) is 1.22. The number of fused-ring (bicyclic) bond motifs is 1. The molecule has 2 aliphatic rings. The molecule has 1 heterocycles. The molecule has 2 rings (SSSR count). The van der Waals surface area contributed by atoms with Crippen LogP contribution in [0.15, 0.2) is 0 Å². The minimum absolute atomic E-state index is 0.476. The van der Waals surface area contributed by atoms with E-state index in [0.29, 0.717) is 6.04 Å². The van der Waals surface area contributed by atoms with Gasteiger partial charge in [0.25, 0.3) is 0 Å². The van der Waals surface area contributed by atoms with Gasteiger partial charge in [0.05, 0.1) is 0 Å². The predicted octanol–water partition coefficient (Wildman–Crippen LogP) is 1.21. The van der Waals surface area contributed by atoms with Crippen LogP contribution in [0.4, 0.5) is 0 Å². The van der Waals surface area contributed by atoms with Gasteiger partial charge in [-0.3, -0.25) is 4.90 Å². The van der Waals surface area contributed by atoms with Crippen molar-refractivity contribution in [1.29, 1.82) is 0 Å². The van der Waals surface area contributed by atoms with Crippen molar-refractivity contribution >= 4 is 0 Å². The lowest BCUT2D eigenvalue weighted by molar-refractivity contribution is 0.225. The summed E-state index contributed by atoms with van der Waals surface area (Å²) >= 11 is 0. The molecule has 70 valence electrons. The molecule has 0 aromatic heterocycles. The maximum Gasteiger partial charge on any atom is 0.0275 e. The first-order valence-electron chi connectivity index (χ1n) is 5.32. The third-order valence-corrected chi connectivity index (χ3v) is 3.51. The molecule has 12 heavy (non-hydrogen) atoms. The zero-order valence-corrected chi connectivity index (χ0v) is 8.00. The van der Waals surface area contributed by atoms with Crippen molar-refractivity contribution in [2.75, 3.05) is 13.1 Å². The summed E-state index contributed by atoms with van der Waals surface area (Å²) in [4.78, 5) is 2.61. The molecule has 1 saturated carbocycles. The molecule has 2 heteroatoms. The minimum Gasteiger partial charge on any atom is -0.326 e. The van der Waals surface area contributed by atoms with Crippen LogP contribution in [-0.2, 0) is 0 Å². The highest BCUT2D eigenvalue weighted by atomic mass is 15.2. The van der Waals surface area contributed by atoms with Crippen LogP contribution in [0.1, 0.15) is 32.6 Å². The largest absolute Gasteiger partial charge is 0.326 e. The summed E-state index contributed by atoms with van der Waals surface area (Å²) in [5.41, 5.74) is 6.10. The second kappa shape index (κ2) is 3.35. The monoisotopic (exact) mass is 168 g/mol. The van der Waals surface area contributed by atoms with Crippen molar-refractivity contribution in [1.82, 2.24) is 4.90 Å². The van der Waals surface area contributed by atoms with E-state index >= 15 is 0 Å². The van der Waals surface area contributed by atoms with Crippen LogP contribution < -0.4 is 5.73 Å². The normalized spacial score (nSPS) is 42.0. The van der Waals surface area contributed by atoms with E-state index < -0.39 is 0 Å². The molecule has 1 aliphatic carbocycles. The molecular weight excluding hydrogens is 148 g/mol. The van der Waals surface area contributed by atoms with Crippen molar-refractivity contribution in [2.24, 2.45) is 11.7 Å². The molecule has 1 aliphatic heterocycles. The fourth-order valence-electron chi connectivity index (χ4n) is 3.01. The van der Waals surface area contributed by atoms with E-state index in [-0.39, 0.29) is 0 Å². The molecule has 0 bridgehead atoms. The summed E-state index contributed by atoms with van der Waals surface area (Å²) in [5.74, 6) is 0.937. The Morgan fingerprint density at radius 1 is 1.33 bits per heavy atom. The van der Waals surface area contributed by atoms with E-state index in [4.69, 9.17) is 5.73 Å². The van der Waals surface area contributed by atoms with Crippen molar-refractivity contribution in [3.8, 4) is 0 Å². The van der Waals surface area contributed by atoms with Gasteiger partial charge in [-0.2, -0.15) is 0 Å². The average molecular weight is 168 g/mol. The Bertz CT molecular complexity index is 156. The van der Waals surface area contributed by atoms with E-state index in [1.807, 2.05) is 0 Å². The number of nitrogens with two attached hydrogens (primary N) is 1. The predicted molar refractivity (Wildman–Crippen MR) is 51.0 cm³/mol. The number of likely N-dealkylation sites (tertiary alicyclic amines) is 1. The Balaban J connectivity index is 1.99. The van der Waals surface area contributed by atoms with Gasteiger partial charge < -0.3 is 5.73 Å². The lowest BCUT2D eigenvalue weighted by atomic mass is 10.0. The molecule has 0 aromatic carbocycles. The molecule has 0 spiro atoms. The highest BCUT2D eigenvalue weighted by Gasteiger charge is 2.41. The number of nitrogens with zero attached hydrogens (tertiary/aromatic N) is 1. The topological polar surface area (TPSA) is 29.3 Å². The Kier molecular flexibility index (Phi) is 2.37. The maximum atomic E-state index is 6.10. The van der Waals surface area contributed by atoms with E-state index in [1.165, 1.54) is 38.8 Å². The summed E-state index contributed by atoms with van der Waals surface area (Å²) in [6.45, 7) is 4.82. The third-order valence-electron chi connectivity index (χ3n) is 3.51. The lowest BCUT2D eigenvalue weighted by Gasteiger charge is -2.26. The van der Waals surface area contributed by atoms with Crippen LogP contribution in [0.2, 0.25) is 0 Å². The molecule has 3 atom stereocenters. The van der Waals surface area contributed by atoms with Crippen LogP contribution in [0.5, 0.6) is 0 Å². The molecule has 0 aromatic rings. The first kappa shape index (κ1) is 8.52. The zero-order chi connectivity index (χ0) is 8.55. The Hall–Kier alpha value is -0.0800. The fourth-order valence-corrected chi connectivity index (χ4v) is 3.01. The lowest BCUT2D eigenvalue weighted by Crippen LogP contribution is -2.43. The number of rotatable bonds is 2. The van der Waals surface area contributed by atoms with Gasteiger partial charge in [0, 0.05) is 12.1 Å². The quantitative estimate of drug-likeness (QED) is 0.671. The first-order valence-corrected chi connectivity index (χ1v) is 5.32. The van der Waals surface area contributed by atoms with Gasteiger partial charge in [0.2, 0.25) is 0 Å². The van der Waals surface area contributed by atoms with Crippen LogP contribution in [-0.4, -0.2) is 30.1 Å². The average Bonchev–Trinajstić information content (AvgIpc) is 2.58. The molecular formula is C10H20N2. The Morgan fingerprint density at radius 2 is 2.17 bits per heavy atom. The Labute approximate surface area is 75.1 Å². The van der Waals surface area contributed by atoms with Crippen LogP contribution >= 0.6 is 0 Å². The Morgan fingerprint density at radius 3 is 2.92 bits per heavy atom. The summed E-state index contributed by atoms with van der Waals surface area (Å²) in [6.07, 6.45) is 5.32. The van der Waals surface area contributed by atoms with Crippen molar-refractivity contribution in [2.45, 2.75) is 44.7 Å². The summed E-state index contributed by atoms with van der Waals surface area (Å²) in [5, 5.41) is 0. The van der Waals surface area contributed by atoms with Gasteiger partial charge in [0.15, 0.2) is 0 Å². The van der Waals surface area contributed by atoms with Gasteiger partial charge in [-0.25, -0.2) is 0 Å². The van der Waals surface area contributed by atoms with Crippen LogP contribution in [0.25, 0.3) is 0 Å². The van der Waals surface area contributed by atoms with Gasteiger partial charge in [-0.15, -0.1) is 0 Å². The van der Waals surface area contributed by atoms with Crippen molar-refractivity contribution < 1.29 is 0 Å². The zero-order valence-electron chi connectivity index (χ0n) is 8.00. The molecule has 2 fully saturated rings. The molecule has 0 radical (unpaired) electrons. The van der Waals surface area contributed by atoms with Crippen LogP contribution in [0.3, 0.4) is 0 Å². The minimum atomic E-state index is 0.476. The summed E-state index contributed by atoms with van der Waals surface area (Å²) < 4.78 is 0. The molecule has 2 N–H and O–H groups in total. The van der Waals surface area contributed by atoms with E-state index in [1.54, 1.807) is 0 Å². The third kappa shape index (κ3) is 1.27. The molecule has 3 unspecified atom stereocenters.